The molecule has 0 spiro atoms. The Morgan fingerprint density at radius 3 is 2.00 bits per heavy atom. The molecular weight excluding hydrogens is 72.0 g/mol. The Bertz CT molecular complexity index is 61.0. The average Bonchev–Trinajstić information content (AvgIpc) is 1.37. The Labute approximate surface area is 26.7 Å². The van der Waals surface area contributed by atoms with Crippen molar-refractivity contribution >= 4 is 8.70 Å². The van der Waals surface area contributed by atoms with E-state index in [9.17, 15) is 0 Å². The van der Waals surface area contributed by atoms with E-state index in [1.165, 1.54) is 0 Å². The van der Waals surface area contributed by atoms with Crippen LogP contribution >= 0.6 is 8.70 Å². The molecule has 18 valence electrons. The first-order valence-electron chi connectivity index (χ1n) is 0.697. The van der Waals surface area contributed by atoms with Crippen LogP contribution in [-0.2, 0) is 0 Å². The number of rotatable bonds is 0. The Morgan fingerprint density at radius 1 is 1.75 bits per heavy atom. The molecule has 0 radical (unpaired) electrons. The van der Waals surface area contributed by atoms with E-state index in [0.717, 1.165) is 0 Å². The van der Waals surface area contributed by atoms with E-state index in [2.05, 4.69) is 8.70 Å². The molecule has 0 fully saturated rings. The fourth-order valence-electron chi connectivity index (χ4n) is 0. The summed E-state index contributed by atoms with van der Waals surface area (Å²) in [5.41, 5.74) is 1.93. The normalized spacial score (nSPS) is 2.50. The number of hydrogen-bond donors (Lipinski definition) is 0. The van der Waals surface area contributed by atoms with Crippen molar-refractivity contribution < 1.29 is 0 Å². The first-order chi connectivity index (χ1) is 1.91. The van der Waals surface area contributed by atoms with Crippen LogP contribution in [0.25, 0.3) is 0 Å². The monoisotopic (exact) mass is 72.0 g/mol. The van der Waals surface area contributed by atoms with E-state index in [4.69, 9.17) is 5.26 Å². The molecule has 0 aliphatic rings. The number of nitrogens with zero attached hydrogens (tertiary/aromatic N) is 1. The van der Waals surface area contributed by atoms with Gasteiger partial charge in [-0.05, 0) is 0 Å². The fraction of sp³-hybridized carbons (Fsp3) is 0. The molecule has 0 bridgehead atoms. The van der Waals surface area contributed by atoms with Gasteiger partial charge in [-0.25, -0.2) is 0 Å². The van der Waals surface area contributed by atoms with Gasteiger partial charge < -0.3 is 0 Å². The molecule has 2 heteroatoms. The first-order valence-corrected chi connectivity index (χ1v) is 1.14. The van der Waals surface area contributed by atoms with Crippen molar-refractivity contribution in [1.82, 2.24) is 0 Å². The van der Waals surface area contributed by atoms with E-state index in [1.54, 1.807) is 6.07 Å². The van der Waals surface area contributed by atoms with Crippen LogP contribution in [0, 0.1) is 17.0 Å². The van der Waals surface area contributed by atoms with Crippen LogP contribution in [0.5, 0.6) is 0 Å². The molecule has 0 aromatic heterocycles. The maximum absolute atomic E-state index is 7.44. The predicted molar refractivity (Wildman–Crippen MR) is 16.4 cm³/mol. The Hall–Kier alpha value is -0.300. The molecule has 0 aromatic rings. The SMILES string of the molecule is [15N]#[13C][13C]#P. The molecule has 4 heavy (non-hydrogen) atoms. The van der Waals surface area contributed by atoms with Crippen molar-refractivity contribution in [3.63, 3.8) is 0 Å². The molecule has 0 aliphatic carbocycles. The molecule has 0 aliphatic heterocycles. The summed E-state index contributed by atoms with van der Waals surface area (Å²) in [5, 5.41) is 7.44. The minimum atomic E-state index is 1.54. The van der Waals surface area contributed by atoms with Gasteiger partial charge in [0.1, 0.15) is 0 Å². The van der Waals surface area contributed by atoms with E-state index < -0.39 is 0 Å². The quantitative estimate of drug-likeness (QED) is 0.237. The molecule has 0 aromatic carbocycles. The minimum absolute atomic E-state index is 1.54. The third-order valence-electron chi connectivity index (χ3n) is 0.0500. The van der Waals surface area contributed by atoms with Gasteiger partial charge in [0.2, 0.25) is 0 Å². The van der Waals surface area contributed by atoms with Crippen molar-refractivity contribution in [3.8, 4) is 11.7 Å². The van der Waals surface area contributed by atoms with Gasteiger partial charge in [-0.2, -0.15) is 0 Å². The second-order valence-electron chi connectivity index (χ2n) is 0.224. The zero-order chi connectivity index (χ0) is 3.41. The topological polar surface area (TPSA) is 23.8 Å². The van der Waals surface area contributed by atoms with Gasteiger partial charge in [-0.1, -0.05) is 0 Å². The van der Waals surface area contributed by atoms with Gasteiger partial charge in [0.15, 0.2) is 0 Å². The van der Waals surface area contributed by atoms with Gasteiger partial charge in [0.25, 0.3) is 0 Å². The molecule has 0 unspecified atom stereocenters. The molecular formula is C2NP. The molecule has 1 nitrogen and oxygen atoms in total. The van der Waals surface area contributed by atoms with Crippen LogP contribution in [0.4, 0.5) is 0 Å². The van der Waals surface area contributed by atoms with Gasteiger partial charge >= 0.3 is 25.7 Å². The number of nitriles is 1. The van der Waals surface area contributed by atoms with Crippen molar-refractivity contribution in [3.05, 3.63) is 0 Å². The summed E-state index contributed by atoms with van der Waals surface area (Å²) >= 11 is 0. The second-order valence-corrected chi connectivity index (χ2v) is 0.447. The zero-order valence-electron chi connectivity index (χ0n) is 1.89. The average molecular weight is 72.0 g/mol. The summed E-state index contributed by atoms with van der Waals surface area (Å²) in [5.74, 6) is 0. The van der Waals surface area contributed by atoms with Crippen LogP contribution in [0.1, 0.15) is 0 Å². The van der Waals surface area contributed by atoms with Crippen molar-refractivity contribution in [2.45, 2.75) is 0 Å². The zero-order valence-corrected chi connectivity index (χ0v) is 2.79. The van der Waals surface area contributed by atoms with Crippen LogP contribution in [-0.4, -0.2) is 0 Å². The Morgan fingerprint density at radius 2 is 2.00 bits per heavy atom. The molecule has 0 amide bonds. The van der Waals surface area contributed by atoms with Gasteiger partial charge in [-0.3, -0.25) is 0 Å². The van der Waals surface area contributed by atoms with Gasteiger partial charge in [-0.15, -0.1) is 0 Å². The first kappa shape index (κ1) is 3.70. The summed E-state index contributed by atoms with van der Waals surface area (Å²) in [6.45, 7) is 0. The maximum atomic E-state index is 7.44. The molecule has 0 saturated carbocycles. The predicted octanol–water partition coefficient (Wildman–Crippen LogP) is 0.880. The summed E-state index contributed by atoms with van der Waals surface area (Å²) < 4.78 is 0. The molecule has 0 N–H and O–H groups in total. The van der Waals surface area contributed by atoms with Gasteiger partial charge in [0, 0.05) is 0 Å². The summed E-state index contributed by atoms with van der Waals surface area (Å²) in [6.07, 6.45) is 0. The summed E-state index contributed by atoms with van der Waals surface area (Å²) in [4.78, 5) is 0. The van der Waals surface area contributed by atoms with Crippen molar-refractivity contribution in [2.75, 3.05) is 0 Å². The van der Waals surface area contributed by atoms with Gasteiger partial charge in [0.05, 0.1) is 0 Å². The Balaban J connectivity index is 3.14. The third kappa shape index (κ3) is 1.70. The summed E-state index contributed by atoms with van der Waals surface area (Å²) in [6, 6.07) is 1.54. The van der Waals surface area contributed by atoms with Crippen LogP contribution in [0.15, 0.2) is 0 Å². The summed E-state index contributed by atoms with van der Waals surface area (Å²) in [7, 11) is 3.31. The number of hydrogen-bond acceptors (Lipinski definition) is 1. The second kappa shape index (κ2) is 2.70. The molecule has 0 heterocycles. The molecule has 0 atom stereocenters. The van der Waals surface area contributed by atoms with E-state index in [0.29, 0.717) is 0 Å². The van der Waals surface area contributed by atoms with Crippen LogP contribution in [0.2, 0.25) is 0 Å². The van der Waals surface area contributed by atoms with Crippen LogP contribution < -0.4 is 0 Å². The molecule has 0 rings (SSSR count). The third-order valence-corrected chi connectivity index (χ3v) is 0.150. The fourth-order valence-corrected chi connectivity index (χ4v) is 0. The standard InChI is InChI=1S/C2NP/c3-1-2-4/i1+1,2+1,3+1. The van der Waals surface area contributed by atoms with E-state index in [-0.39, 0.29) is 0 Å². The van der Waals surface area contributed by atoms with Crippen molar-refractivity contribution in [1.29, 1.82) is 5.26 Å². The van der Waals surface area contributed by atoms with E-state index in [1.807, 2.05) is 5.63 Å². The van der Waals surface area contributed by atoms with E-state index >= 15 is 0 Å². The van der Waals surface area contributed by atoms with Crippen LogP contribution in [0.3, 0.4) is 0 Å². The van der Waals surface area contributed by atoms with Crippen molar-refractivity contribution in [2.24, 2.45) is 0 Å². The Kier molecular flexibility index (Phi) is 2.50. The molecule has 0 saturated heterocycles.